The van der Waals surface area contributed by atoms with E-state index in [4.69, 9.17) is 0 Å². The van der Waals surface area contributed by atoms with Gasteiger partial charge in [0.15, 0.2) is 0 Å². The van der Waals surface area contributed by atoms with Crippen LogP contribution in [0.5, 0.6) is 0 Å². The van der Waals surface area contributed by atoms with Crippen molar-refractivity contribution in [2.45, 2.75) is 51.4 Å². The summed E-state index contributed by atoms with van der Waals surface area (Å²) in [5.74, 6) is 0. The monoisotopic (exact) mass is 260 g/mol. The molecule has 0 saturated heterocycles. The van der Waals surface area contributed by atoms with E-state index >= 15 is 0 Å². The minimum atomic E-state index is 0.0674. The SMILES string of the molecule is OCCC1(CCO)CCC(CCO)(CCO)CC1. The second-order valence-electron chi connectivity index (χ2n) is 5.89. The standard InChI is InChI=1S/C14H28O4/c15-9-5-13(6-10-16)1-2-14(4-3-13,7-11-17)8-12-18/h15-18H,1-12H2. The Hall–Kier alpha value is -0.160. The number of hydrogen-bond donors (Lipinski definition) is 4. The largest absolute Gasteiger partial charge is 0.396 e. The Labute approximate surface area is 110 Å². The summed E-state index contributed by atoms with van der Waals surface area (Å²) in [6.45, 7) is 0.694. The molecule has 1 aliphatic carbocycles. The van der Waals surface area contributed by atoms with Crippen LogP contribution in [0.1, 0.15) is 51.4 Å². The van der Waals surface area contributed by atoms with Crippen molar-refractivity contribution in [3.63, 3.8) is 0 Å². The van der Waals surface area contributed by atoms with Gasteiger partial charge in [0.1, 0.15) is 0 Å². The summed E-state index contributed by atoms with van der Waals surface area (Å²) in [5.41, 5.74) is 0.135. The molecule has 0 aromatic rings. The molecule has 0 heterocycles. The summed E-state index contributed by atoms with van der Waals surface area (Å²) in [6.07, 6.45) is 6.93. The zero-order valence-corrected chi connectivity index (χ0v) is 11.3. The summed E-state index contributed by atoms with van der Waals surface area (Å²) in [6, 6.07) is 0. The van der Waals surface area contributed by atoms with Crippen molar-refractivity contribution in [2.75, 3.05) is 26.4 Å². The minimum Gasteiger partial charge on any atom is -0.396 e. The average Bonchev–Trinajstić information content (AvgIpc) is 2.35. The molecule has 0 bridgehead atoms. The first-order valence-electron chi connectivity index (χ1n) is 7.09. The van der Waals surface area contributed by atoms with Gasteiger partial charge in [-0.3, -0.25) is 0 Å². The highest BCUT2D eigenvalue weighted by Crippen LogP contribution is 2.51. The lowest BCUT2D eigenvalue weighted by molar-refractivity contribution is 0.00875. The van der Waals surface area contributed by atoms with Crippen molar-refractivity contribution in [3.8, 4) is 0 Å². The molecule has 108 valence electrons. The van der Waals surface area contributed by atoms with E-state index in [1.54, 1.807) is 0 Å². The average molecular weight is 260 g/mol. The van der Waals surface area contributed by atoms with E-state index in [1.807, 2.05) is 0 Å². The van der Waals surface area contributed by atoms with E-state index in [-0.39, 0.29) is 37.3 Å². The van der Waals surface area contributed by atoms with Gasteiger partial charge in [0.2, 0.25) is 0 Å². The lowest BCUT2D eigenvalue weighted by Crippen LogP contribution is -2.37. The predicted molar refractivity (Wildman–Crippen MR) is 70.1 cm³/mol. The molecule has 0 aromatic carbocycles. The predicted octanol–water partition coefficient (Wildman–Crippen LogP) is 1.06. The van der Waals surface area contributed by atoms with Crippen molar-refractivity contribution in [3.05, 3.63) is 0 Å². The highest BCUT2D eigenvalue weighted by Gasteiger charge is 2.41. The van der Waals surface area contributed by atoms with Crippen LogP contribution in [0.15, 0.2) is 0 Å². The van der Waals surface area contributed by atoms with Gasteiger partial charge in [-0.15, -0.1) is 0 Å². The number of rotatable bonds is 8. The topological polar surface area (TPSA) is 80.9 Å². The summed E-state index contributed by atoms with van der Waals surface area (Å²) in [5, 5.41) is 36.7. The van der Waals surface area contributed by atoms with E-state index in [0.717, 1.165) is 51.4 Å². The van der Waals surface area contributed by atoms with Crippen molar-refractivity contribution >= 4 is 0 Å². The molecule has 0 spiro atoms. The third-order valence-electron chi connectivity index (χ3n) is 4.94. The molecular weight excluding hydrogens is 232 g/mol. The van der Waals surface area contributed by atoms with Gasteiger partial charge < -0.3 is 20.4 Å². The first kappa shape index (κ1) is 15.9. The minimum absolute atomic E-state index is 0.0674. The lowest BCUT2D eigenvalue weighted by atomic mass is 9.59. The third-order valence-corrected chi connectivity index (χ3v) is 4.94. The molecule has 1 rings (SSSR count). The van der Waals surface area contributed by atoms with Crippen molar-refractivity contribution < 1.29 is 20.4 Å². The Morgan fingerprint density at radius 3 is 0.889 bits per heavy atom. The summed E-state index contributed by atoms with van der Waals surface area (Å²) in [7, 11) is 0. The van der Waals surface area contributed by atoms with Crippen LogP contribution in [-0.2, 0) is 0 Å². The van der Waals surface area contributed by atoms with Crippen molar-refractivity contribution in [2.24, 2.45) is 10.8 Å². The first-order valence-corrected chi connectivity index (χ1v) is 7.09. The molecule has 4 heteroatoms. The normalized spacial score (nSPS) is 22.0. The molecular formula is C14H28O4. The molecule has 0 radical (unpaired) electrons. The van der Waals surface area contributed by atoms with E-state index in [2.05, 4.69) is 0 Å². The van der Waals surface area contributed by atoms with E-state index in [0.29, 0.717) is 0 Å². The molecule has 0 amide bonds. The van der Waals surface area contributed by atoms with Crippen LogP contribution in [0.2, 0.25) is 0 Å². The highest BCUT2D eigenvalue weighted by molar-refractivity contribution is 4.92. The smallest absolute Gasteiger partial charge is 0.0436 e. The van der Waals surface area contributed by atoms with Gasteiger partial charge in [-0.2, -0.15) is 0 Å². The van der Waals surface area contributed by atoms with Crippen LogP contribution in [0.4, 0.5) is 0 Å². The molecule has 1 saturated carbocycles. The molecule has 4 N–H and O–H groups in total. The number of hydrogen-bond acceptors (Lipinski definition) is 4. The Kier molecular flexibility index (Phi) is 6.57. The van der Waals surface area contributed by atoms with E-state index in [1.165, 1.54) is 0 Å². The van der Waals surface area contributed by atoms with Gasteiger partial charge in [-0.05, 0) is 62.2 Å². The van der Waals surface area contributed by atoms with Gasteiger partial charge in [-0.1, -0.05) is 0 Å². The van der Waals surface area contributed by atoms with Gasteiger partial charge in [0, 0.05) is 26.4 Å². The maximum absolute atomic E-state index is 9.19. The Morgan fingerprint density at radius 1 is 0.500 bits per heavy atom. The molecule has 1 fully saturated rings. The van der Waals surface area contributed by atoms with Crippen LogP contribution in [-0.4, -0.2) is 46.9 Å². The molecule has 0 atom stereocenters. The summed E-state index contributed by atoms with van der Waals surface area (Å²) >= 11 is 0. The van der Waals surface area contributed by atoms with Gasteiger partial charge >= 0.3 is 0 Å². The quantitative estimate of drug-likeness (QED) is 0.526. The zero-order valence-electron chi connectivity index (χ0n) is 11.3. The highest BCUT2D eigenvalue weighted by atomic mass is 16.3. The second kappa shape index (κ2) is 7.43. The van der Waals surface area contributed by atoms with Crippen molar-refractivity contribution in [1.29, 1.82) is 0 Å². The van der Waals surface area contributed by atoms with Crippen LogP contribution >= 0.6 is 0 Å². The fourth-order valence-corrected chi connectivity index (χ4v) is 3.51. The Morgan fingerprint density at radius 2 is 0.722 bits per heavy atom. The molecule has 1 aliphatic rings. The maximum atomic E-state index is 9.19. The molecule has 18 heavy (non-hydrogen) atoms. The molecule has 0 unspecified atom stereocenters. The fourth-order valence-electron chi connectivity index (χ4n) is 3.51. The van der Waals surface area contributed by atoms with E-state index in [9.17, 15) is 20.4 Å². The van der Waals surface area contributed by atoms with Gasteiger partial charge in [0.05, 0.1) is 0 Å². The first-order chi connectivity index (χ1) is 8.66. The van der Waals surface area contributed by atoms with Crippen LogP contribution < -0.4 is 0 Å². The van der Waals surface area contributed by atoms with Crippen LogP contribution in [0, 0.1) is 10.8 Å². The Bertz CT molecular complexity index is 182. The lowest BCUT2D eigenvalue weighted by Gasteiger charge is -2.46. The van der Waals surface area contributed by atoms with Crippen molar-refractivity contribution in [1.82, 2.24) is 0 Å². The van der Waals surface area contributed by atoms with Crippen LogP contribution in [0.25, 0.3) is 0 Å². The fraction of sp³-hybridized carbons (Fsp3) is 1.00. The van der Waals surface area contributed by atoms with Gasteiger partial charge in [-0.25, -0.2) is 0 Å². The second-order valence-corrected chi connectivity index (χ2v) is 5.89. The summed E-state index contributed by atoms with van der Waals surface area (Å²) < 4.78 is 0. The maximum Gasteiger partial charge on any atom is 0.0436 e. The number of aliphatic hydroxyl groups excluding tert-OH is 4. The zero-order chi connectivity index (χ0) is 13.5. The molecule has 4 nitrogen and oxygen atoms in total. The Balaban J connectivity index is 2.64. The number of aliphatic hydroxyl groups is 4. The van der Waals surface area contributed by atoms with E-state index < -0.39 is 0 Å². The molecule has 0 aliphatic heterocycles. The summed E-state index contributed by atoms with van der Waals surface area (Å²) in [4.78, 5) is 0. The van der Waals surface area contributed by atoms with Gasteiger partial charge in [0.25, 0.3) is 0 Å². The van der Waals surface area contributed by atoms with Crippen LogP contribution in [0.3, 0.4) is 0 Å². The molecule has 0 aromatic heterocycles. The third kappa shape index (κ3) is 3.92.